The van der Waals surface area contributed by atoms with Crippen LogP contribution in [0.3, 0.4) is 0 Å². The largest absolute Gasteiger partial charge is 0.343 e. The second-order valence-corrected chi connectivity index (χ2v) is 4.75. The zero-order valence-electron chi connectivity index (χ0n) is 10.7. The first kappa shape index (κ1) is 12.9. The molecule has 0 spiro atoms. The summed E-state index contributed by atoms with van der Waals surface area (Å²) in [4.78, 5) is 7.52. The van der Waals surface area contributed by atoms with Gasteiger partial charge in [0.05, 0.1) is 5.69 Å². The first-order valence-electron chi connectivity index (χ1n) is 5.88. The van der Waals surface area contributed by atoms with Crippen molar-refractivity contribution in [3.05, 3.63) is 45.6 Å². The molecule has 0 aliphatic heterocycles. The highest BCUT2D eigenvalue weighted by Gasteiger charge is 2.08. The Bertz CT molecular complexity index is 626. The van der Waals surface area contributed by atoms with Gasteiger partial charge in [-0.2, -0.15) is 0 Å². The van der Waals surface area contributed by atoms with Crippen LogP contribution in [-0.4, -0.2) is 9.97 Å². The average Bonchev–Trinajstić information content (AvgIpc) is 2.31. The Hall–Kier alpha value is -1.55. The average molecular weight is 262 g/mol. The number of hydrogen-bond acceptors (Lipinski definition) is 2. The molecule has 2 rings (SSSR count). The van der Waals surface area contributed by atoms with Crippen LogP contribution in [-0.2, 0) is 6.42 Å². The first-order valence-corrected chi connectivity index (χ1v) is 6.29. The Kier molecular flexibility index (Phi) is 3.57. The summed E-state index contributed by atoms with van der Waals surface area (Å²) < 4.78 is 14.0. The minimum atomic E-state index is -0.237. The van der Waals surface area contributed by atoms with Gasteiger partial charge in [0, 0.05) is 17.5 Å². The summed E-state index contributed by atoms with van der Waals surface area (Å²) in [5, 5.41) is 0. The highest BCUT2D eigenvalue weighted by Crippen LogP contribution is 2.23. The van der Waals surface area contributed by atoms with Crippen molar-refractivity contribution in [2.45, 2.75) is 27.2 Å². The molecule has 0 fully saturated rings. The van der Waals surface area contributed by atoms with Crippen LogP contribution in [0, 0.1) is 24.3 Å². The van der Waals surface area contributed by atoms with E-state index in [4.69, 9.17) is 12.2 Å². The van der Waals surface area contributed by atoms with Crippen molar-refractivity contribution in [2.75, 3.05) is 0 Å². The monoisotopic (exact) mass is 262 g/mol. The zero-order chi connectivity index (χ0) is 13.3. The van der Waals surface area contributed by atoms with Crippen LogP contribution in [0.4, 0.5) is 4.39 Å². The molecule has 2 nitrogen and oxygen atoms in total. The summed E-state index contributed by atoms with van der Waals surface area (Å²) in [6, 6.07) is 4.96. The number of halogens is 1. The maximum Gasteiger partial charge on any atom is 0.133 e. The van der Waals surface area contributed by atoms with Crippen LogP contribution in [0.5, 0.6) is 0 Å². The van der Waals surface area contributed by atoms with Gasteiger partial charge in [0.1, 0.15) is 16.3 Å². The smallest absolute Gasteiger partial charge is 0.133 e. The number of benzene rings is 1. The molecule has 1 aromatic heterocycles. The minimum Gasteiger partial charge on any atom is -0.343 e. The van der Waals surface area contributed by atoms with Gasteiger partial charge in [0.25, 0.3) is 0 Å². The van der Waals surface area contributed by atoms with Crippen molar-refractivity contribution in [3.63, 3.8) is 0 Å². The molecule has 18 heavy (non-hydrogen) atoms. The molecule has 4 heteroatoms. The predicted molar refractivity (Wildman–Crippen MR) is 73.7 cm³/mol. The Balaban J connectivity index is 2.69. The molecule has 0 bridgehead atoms. The van der Waals surface area contributed by atoms with E-state index in [1.165, 1.54) is 12.1 Å². The van der Waals surface area contributed by atoms with Gasteiger partial charge in [0.15, 0.2) is 0 Å². The molecular weight excluding hydrogens is 247 g/mol. The van der Waals surface area contributed by atoms with Crippen LogP contribution in [0.15, 0.2) is 18.2 Å². The molecule has 0 unspecified atom stereocenters. The number of aryl methyl sites for hydroxylation is 2. The van der Waals surface area contributed by atoms with Crippen molar-refractivity contribution in [1.82, 2.24) is 9.97 Å². The van der Waals surface area contributed by atoms with Gasteiger partial charge in [-0.25, -0.2) is 9.37 Å². The van der Waals surface area contributed by atoms with E-state index in [1.54, 1.807) is 0 Å². The third kappa shape index (κ3) is 2.48. The van der Waals surface area contributed by atoms with Gasteiger partial charge in [0.2, 0.25) is 0 Å². The number of rotatable bonds is 2. The molecule has 1 aromatic carbocycles. The van der Waals surface area contributed by atoms with Gasteiger partial charge in [-0.3, -0.25) is 0 Å². The van der Waals surface area contributed by atoms with E-state index < -0.39 is 0 Å². The van der Waals surface area contributed by atoms with E-state index in [2.05, 4.69) is 9.97 Å². The maximum absolute atomic E-state index is 13.5. The van der Waals surface area contributed by atoms with Gasteiger partial charge in [-0.1, -0.05) is 19.1 Å². The van der Waals surface area contributed by atoms with Gasteiger partial charge in [-0.15, -0.1) is 0 Å². The molecule has 0 aliphatic rings. The Morgan fingerprint density at radius 3 is 2.61 bits per heavy atom. The van der Waals surface area contributed by atoms with Crippen molar-refractivity contribution in [2.24, 2.45) is 0 Å². The van der Waals surface area contributed by atoms with Gasteiger partial charge in [-0.05, 0) is 37.6 Å². The summed E-state index contributed by atoms with van der Waals surface area (Å²) in [5.74, 6) is 0.584. The number of hydrogen-bond donors (Lipinski definition) is 1. The fourth-order valence-corrected chi connectivity index (χ4v) is 2.13. The lowest BCUT2D eigenvalue weighted by Crippen LogP contribution is -1.99. The van der Waals surface area contributed by atoms with Gasteiger partial charge < -0.3 is 4.98 Å². The van der Waals surface area contributed by atoms with Crippen LogP contribution in [0.1, 0.15) is 23.9 Å². The van der Waals surface area contributed by atoms with Crippen LogP contribution < -0.4 is 0 Å². The SMILES string of the molecule is CCc1nc(=S)c(C)c(-c2cc(C)cc(F)c2)[nH]1. The molecule has 0 amide bonds. The highest BCUT2D eigenvalue weighted by atomic mass is 32.1. The number of aromatic nitrogens is 2. The second kappa shape index (κ2) is 4.98. The molecule has 0 saturated heterocycles. The summed E-state index contributed by atoms with van der Waals surface area (Å²) in [5.41, 5.74) is 3.44. The first-order chi connectivity index (χ1) is 8.51. The van der Waals surface area contributed by atoms with Crippen molar-refractivity contribution in [3.8, 4) is 11.3 Å². The number of aromatic amines is 1. The molecule has 1 N–H and O–H groups in total. The molecular formula is C14H15FN2S. The number of nitrogens with one attached hydrogen (secondary N) is 1. The number of nitrogens with zero attached hydrogens (tertiary/aromatic N) is 1. The Labute approximate surface area is 111 Å². The lowest BCUT2D eigenvalue weighted by molar-refractivity contribution is 0.627. The molecule has 94 valence electrons. The summed E-state index contributed by atoms with van der Waals surface area (Å²) in [6.07, 6.45) is 0.769. The van der Waals surface area contributed by atoms with E-state index in [9.17, 15) is 4.39 Å². The molecule has 1 heterocycles. The van der Waals surface area contributed by atoms with Crippen molar-refractivity contribution < 1.29 is 4.39 Å². The van der Waals surface area contributed by atoms with Crippen molar-refractivity contribution >= 4 is 12.2 Å². The van der Waals surface area contributed by atoms with Crippen LogP contribution in [0.25, 0.3) is 11.3 Å². The van der Waals surface area contributed by atoms with E-state index in [0.717, 1.165) is 34.6 Å². The maximum atomic E-state index is 13.5. The van der Waals surface area contributed by atoms with E-state index >= 15 is 0 Å². The highest BCUT2D eigenvalue weighted by molar-refractivity contribution is 7.71. The van der Waals surface area contributed by atoms with E-state index in [-0.39, 0.29) is 5.82 Å². The van der Waals surface area contributed by atoms with E-state index in [0.29, 0.717) is 4.64 Å². The Morgan fingerprint density at radius 1 is 1.28 bits per heavy atom. The zero-order valence-corrected chi connectivity index (χ0v) is 11.5. The van der Waals surface area contributed by atoms with Gasteiger partial charge >= 0.3 is 0 Å². The summed E-state index contributed by atoms with van der Waals surface area (Å²) in [7, 11) is 0. The topological polar surface area (TPSA) is 28.7 Å². The fourth-order valence-electron chi connectivity index (χ4n) is 1.92. The summed E-state index contributed by atoms with van der Waals surface area (Å²) in [6.45, 7) is 5.78. The normalized spacial score (nSPS) is 10.7. The quantitative estimate of drug-likeness (QED) is 0.825. The lowest BCUT2D eigenvalue weighted by atomic mass is 10.1. The summed E-state index contributed by atoms with van der Waals surface area (Å²) >= 11 is 5.24. The molecule has 0 atom stereocenters. The fraction of sp³-hybridized carbons (Fsp3) is 0.286. The molecule has 0 radical (unpaired) electrons. The van der Waals surface area contributed by atoms with E-state index in [1.807, 2.05) is 26.8 Å². The molecule has 0 aliphatic carbocycles. The number of H-pyrrole nitrogens is 1. The molecule has 2 aromatic rings. The third-order valence-corrected chi connectivity index (χ3v) is 3.26. The standard InChI is InChI=1S/C14H15FN2S/c1-4-12-16-13(9(3)14(18)17-12)10-5-8(2)6-11(15)7-10/h5-7H,4H2,1-3H3,(H,16,17,18). The van der Waals surface area contributed by atoms with Crippen LogP contribution in [0.2, 0.25) is 0 Å². The molecule has 0 saturated carbocycles. The predicted octanol–water partition coefficient (Wildman–Crippen LogP) is 4.12. The minimum absolute atomic E-state index is 0.237. The third-order valence-electron chi connectivity index (χ3n) is 2.87. The van der Waals surface area contributed by atoms with Crippen molar-refractivity contribution in [1.29, 1.82) is 0 Å². The second-order valence-electron chi connectivity index (χ2n) is 4.36. The lowest BCUT2D eigenvalue weighted by Gasteiger charge is -2.10. The van der Waals surface area contributed by atoms with Crippen LogP contribution >= 0.6 is 12.2 Å². The Morgan fingerprint density at radius 2 is 2.00 bits per heavy atom.